The van der Waals surface area contributed by atoms with Crippen LogP contribution in [0.1, 0.15) is 55.0 Å². The van der Waals surface area contributed by atoms with Crippen molar-refractivity contribution in [2.75, 3.05) is 18.0 Å². The summed E-state index contributed by atoms with van der Waals surface area (Å²) in [5.41, 5.74) is 1.09. The SMILES string of the molecule is CC(C)(C)OC(=O)c1cn(C2CCN(c3ccc(CC(=O)OCc4ccccc4)nn3)C2)nn1. The molecule has 2 aromatic heterocycles. The van der Waals surface area contributed by atoms with Crippen LogP contribution in [0.3, 0.4) is 0 Å². The first-order valence-electron chi connectivity index (χ1n) is 11.2. The normalized spacial score (nSPS) is 15.9. The average Bonchev–Trinajstić information content (AvgIpc) is 3.48. The standard InChI is InChI=1S/C24H28N6O4/c1-24(2,3)34-23(32)20-15-30(28-26-20)19-11-12-29(14-19)21-10-9-18(25-27-21)13-22(31)33-16-17-7-5-4-6-8-17/h4-10,15,19H,11-14,16H2,1-3H3. The fourth-order valence-electron chi connectivity index (χ4n) is 3.60. The molecule has 1 saturated heterocycles. The van der Waals surface area contributed by atoms with E-state index < -0.39 is 11.6 Å². The lowest BCUT2D eigenvalue weighted by Crippen LogP contribution is -2.24. The highest BCUT2D eigenvalue weighted by Crippen LogP contribution is 2.25. The molecule has 1 aliphatic heterocycles. The van der Waals surface area contributed by atoms with Crippen LogP contribution in [-0.2, 0) is 27.3 Å². The Morgan fingerprint density at radius 2 is 1.85 bits per heavy atom. The minimum absolute atomic E-state index is 0.0538. The van der Waals surface area contributed by atoms with Crippen LogP contribution in [-0.4, -0.2) is 55.8 Å². The van der Waals surface area contributed by atoms with E-state index in [9.17, 15) is 9.59 Å². The minimum atomic E-state index is -0.589. The molecule has 34 heavy (non-hydrogen) atoms. The van der Waals surface area contributed by atoms with Crippen molar-refractivity contribution in [2.24, 2.45) is 0 Å². The predicted molar refractivity (Wildman–Crippen MR) is 123 cm³/mol. The third-order valence-electron chi connectivity index (χ3n) is 5.25. The van der Waals surface area contributed by atoms with Crippen molar-refractivity contribution in [1.29, 1.82) is 0 Å². The van der Waals surface area contributed by atoms with Gasteiger partial charge in [-0.3, -0.25) is 4.79 Å². The minimum Gasteiger partial charge on any atom is -0.461 e. The first-order chi connectivity index (χ1) is 16.3. The van der Waals surface area contributed by atoms with Crippen LogP contribution in [0.2, 0.25) is 0 Å². The lowest BCUT2D eigenvalue weighted by molar-refractivity contribution is -0.144. The Bertz CT molecular complexity index is 1120. The van der Waals surface area contributed by atoms with Crippen molar-refractivity contribution >= 4 is 17.8 Å². The van der Waals surface area contributed by atoms with E-state index in [1.165, 1.54) is 0 Å². The highest BCUT2D eigenvalue weighted by molar-refractivity contribution is 5.87. The molecular formula is C24H28N6O4. The molecule has 0 N–H and O–H groups in total. The van der Waals surface area contributed by atoms with E-state index in [-0.39, 0.29) is 30.7 Å². The number of nitrogens with zero attached hydrogens (tertiary/aromatic N) is 6. The molecule has 0 radical (unpaired) electrons. The molecule has 3 aromatic rings. The van der Waals surface area contributed by atoms with Gasteiger partial charge in [-0.15, -0.1) is 10.2 Å². The van der Waals surface area contributed by atoms with Crippen LogP contribution in [0, 0.1) is 0 Å². The highest BCUT2D eigenvalue weighted by Gasteiger charge is 2.28. The first kappa shape index (κ1) is 23.3. The molecule has 1 aliphatic rings. The number of carbonyl (C=O) groups is 2. The molecule has 4 rings (SSSR count). The molecule has 1 unspecified atom stereocenters. The molecule has 178 valence electrons. The zero-order valence-corrected chi connectivity index (χ0v) is 19.5. The van der Waals surface area contributed by atoms with Gasteiger partial charge in [-0.05, 0) is 44.9 Å². The van der Waals surface area contributed by atoms with Crippen LogP contribution in [0.5, 0.6) is 0 Å². The summed E-state index contributed by atoms with van der Waals surface area (Å²) in [6.45, 7) is 7.08. The van der Waals surface area contributed by atoms with Crippen molar-refractivity contribution < 1.29 is 19.1 Å². The van der Waals surface area contributed by atoms with Gasteiger partial charge in [0.2, 0.25) is 0 Å². The summed E-state index contributed by atoms with van der Waals surface area (Å²) in [7, 11) is 0. The molecule has 10 nitrogen and oxygen atoms in total. The highest BCUT2D eigenvalue weighted by atomic mass is 16.6. The van der Waals surface area contributed by atoms with E-state index in [4.69, 9.17) is 9.47 Å². The quantitative estimate of drug-likeness (QED) is 0.487. The summed E-state index contributed by atoms with van der Waals surface area (Å²) in [5.74, 6) is -0.118. The Balaban J connectivity index is 1.29. The number of ether oxygens (including phenoxy) is 2. The maximum absolute atomic E-state index is 12.2. The molecule has 0 amide bonds. The van der Waals surface area contributed by atoms with Crippen LogP contribution in [0.25, 0.3) is 0 Å². The number of esters is 2. The van der Waals surface area contributed by atoms with E-state index in [2.05, 4.69) is 25.4 Å². The van der Waals surface area contributed by atoms with Crippen molar-refractivity contribution in [3.63, 3.8) is 0 Å². The molecule has 3 heterocycles. The Kier molecular flexibility index (Phi) is 6.85. The molecule has 0 bridgehead atoms. The third-order valence-corrected chi connectivity index (χ3v) is 5.25. The van der Waals surface area contributed by atoms with Gasteiger partial charge in [-0.2, -0.15) is 5.10 Å². The van der Waals surface area contributed by atoms with Crippen LogP contribution in [0.15, 0.2) is 48.7 Å². The molecule has 1 aromatic carbocycles. The predicted octanol–water partition coefficient (Wildman–Crippen LogP) is 2.76. The van der Waals surface area contributed by atoms with Crippen molar-refractivity contribution in [3.05, 3.63) is 65.6 Å². The van der Waals surface area contributed by atoms with E-state index in [1.54, 1.807) is 16.9 Å². The molecule has 1 fully saturated rings. The van der Waals surface area contributed by atoms with Gasteiger partial charge in [-0.1, -0.05) is 35.5 Å². The van der Waals surface area contributed by atoms with Crippen molar-refractivity contribution in [1.82, 2.24) is 25.2 Å². The van der Waals surface area contributed by atoms with Gasteiger partial charge < -0.3 is 14.4 Å². The Morgan fingerprint density at radius 1 is 1.06 bits per heavy atom. The molecule has 0 saturated carbocycles. The molecule has 0 spiro atoms. The summed E-state index contributed by atoms with van der Waals surface area (Å²) in [6.07, 6.45) is 2.51. The number of rotatable bonds is 7. The fourth-order valence-corrected chi connectivity index (χ4v) is 3.60. The average molecular weight is 465 g/mol. The first-order valence-corrected chi connectivity index (χ1v) is 11.2. The summed E-state index contributed by atoms with van der Waals surface area (Å²) < 4.78 is 12.4. The number of anilines is 1. The number of hydrogen-bond acceptors (Lipinski definition) is 9. The van der Waals surface area contributed by atoms with Crippen LogP contribution < -0.4 is 4.90 Å². The van der Waals surface area contributed by atoms with E-state index in [1.807, 2.05) is 57.2 Å². The van der Waals surface area contributed by atoms with Gasteiger partial charge in [0.1, 0.15) is 12.2 Å². The number of aromatic nitrogens is 5. The topological polar surface area (TPSA) is 112 Å². The van der Waals surface area contributed by atoms with Crippen LogP contribution in [0.4, 0.5) is 5.82 Å². The summed E-state index contributed by atoms with van der Waals surface area (Å²) in [5, 5.41) is 16.6. The van der Waals surface area contributed by atoms with E-state index in [0.717, 1.165) is 24.3 Å². The maximum Gasteiger partial charge on any atom is 0.361 e. The molecule has 1 atom stereocenters. The monoisotopic (exact) mass is 464 g/mol. The van der Waals surface area contributed by atoms with Gasteiger partial charge in [-0.25, -0.2) is 9.48 Å². The lowest BCUT2D eigenvalue weighted by Gasteiger charge is -2.18. The maximum atomic E-state index is 12.2. The van der Waals surface area contributed by atoms with Gasteiger partial charge >= 0.3 is 11.9 Å². The lowest BCUT2D eigenvalue weighted by atomic mass is 10.2. The van der Waals surface area contributed by atoms with Crippen molar-refractivity contribution in [2.45, 2.75) is 51.9 Å². The molecule has 0 aliphatic carbocycles. The van der Waals surface area contributed by atoms with Gasteiger partial charge in [0.15, 0.2) is 11.5 Å². The Morgan fingerprint density at radius 3 is 2.56 bits per heavy atom. The summed E-state index contributed by atoms with van der Waals surface area (Å²) >= 11 is 0. The van der Waals surface area contributed by atoms with E-state index >= 15 is 0 Å². The van der Waals surface area contributed by atoms with E-state index in [0.29, 0.717) is 12.2 Å². The van der Waals surface area contributed by atoms with Crippen molar-refractivity contribution in [3.8, 4) is 0 Å². The number of benzene rings is 1. The van der Waals surface area contributed by atoms with Crippen LogP contribution >= 0.6 is 0 Å². The molecular weight excluding hydrogens is 436 g/mol. The molecule has 10 heteroatoms. The number of hydrogen-bond donors (Lipinski definition) is 0. The second-order valence-corrected chi connectivity index (χ2v) is 9.18. The second kappa shape index (κ2) is 9.98. The zero-order valence-electron chi connectivity index (χ0n) is 19.5. The largest absolute Gasteiger partial charge is 0.461 e. The third kappa shape index (κ3) is 6.15. The smallest absolute Gasteiger partial charge is 0.361 e. The Labute approximate surface area is 197 Å². The number of carbonyl (C=O) groups excluding carboxylic acids is 2. The van der Waals surface area contributed by atoms with Gasteiger partial charge in [0.25, 0.3) is 0 Å². The Hall–Kier alpha value is -3.82. The zero-order chi connectivity index (χ0) is 24.1. The summed E-state index contributed by atoms with van der Waals surface area (Å²) in [6, 6.07) is 13.2. The van der Waals surface area contributed by atoms with Gasteiger partial charge in [0.05, 0.1) is 24.4 Å². The van der Waals surface area contributed by atoms with Gasteiger partial charge in [0, 0.05) is 13.1 Å². The second-order valence-electron chi connectivity index (χ2n) is 9.18. The summed E-state index contributed by atoms with van der Waals surface area (Å²) in [4.78, 5) is 26.4. The fraction of sp³-hybridized carbons (Fsp3) is 0.417.